The van der Waals surface area contributed by atoms with Crippen LogP contribution in [0.2, 0.25) is 0 Å². The summed E-state index contributed by atoms with van der Waals surface area (Å²) >= 11 is 0. The summed E-state index contributed by atoms with van der Waals surface area (Å²) in [5.41, 5.74) is 0.699. The number of carbonyl (C=O) groups is 2. The third kappa shape index (κ3) is 6.24. The standard InChI is InChI=1S/C23H32BN3O5/c1-23(2,3)11-17(12-25)21(28)27-13-16-10-18(16)19(27)14-32-22(29)26-20(24(30)31)9-15-7-5-4-6-8-15/h4-8,16-20,30-31H,9-11,13-14H2,1-3H3,(H,26,29)/t16?,17?,18-,19-,20+/m1/s1. The highest BCUT2D eigenvalue weighted by Gasteiger charge is 2.55. The molecule has 1 saturated heterocycles. The van der Waals surface area contributed by atoms with Crippen LogP contribution in [0.5, 0.6) is 0 Å². The first kappa shape index (κ1) is 24.1. The zero-order chi connectivity index (χ0) is 23.5. The third-order valence-corrected chi connectivity index (χ3v) is 6.20. The van der Waals surface area contributed by atoms with Crippen LogP contribution in [0.15, 0.2) is 30.3 Å². The Morgan fingerprint density at radius 2 is 2.00 bits per heavy atom. The van der Waals surface area contributed by atoms with Crippen LogP contribution in [-0.2, 0) is 16.0 Å². The predicted octanol–water partition coefficient (Wildman–Crippen LogP) is 1.76. The summed E-state index contributed by atoms with van der Waals surface area (Å²) in [7, 11) is -1.74. The van der Waals surface area contributed by atoms with Crippen LogP contribution >= 0.6 is 0 Å². The Bertz CT molecular complexity index is 851. The monoisotopic (exact) mass is 441 g/mol. The first-order chi connectivity index (χ1) is 15.1. The number of benzene rings is 1. The molecule has 2 amide bonds. The topological polar surface area (TPSA) is 123 Å². The van der Waals surface area contributed by atoms with E-state index in [4.69, 9.17) is 4.74 Å². The number of hydrogen-bond acceptors (Lipinski definition) is 6. The SMILES string of the molecule is CC(C)(C)CC(C#N)C(=O)N1CC2C[C@H]2[C@H]1COC(=O)N[C@@H](Cc1ccccc1)B(O)O. The molecule has 0 aromatic heterocycles. The number of rotatable bonds is 8. The molecule has 0 bridgehead atoms. The van der Waals surface area contributed by atoms with E-state index in [-0.39, 0.29) is 36.3 Å². The van der Waals surface area contributed by atoms with E-state index in [1.54, 1.807) is 4.90 Å². The van der Waals surface area contributed by atoms with E-state index in [0.717, 1.165) is 12.0 Å². The van der Waals surface area contributed by atoms with E-state index >= 15 is 0 Å². The van der Waals surface area contributed by atoms with Crippen molar-refractivity contribution in [2.45, 2.75) is 52.0 Å². The smallest absolute Gasteiger partial charge is 0.447 e. The minimum absolute atomic E-state index is 0.0198. The summed E-state index contributed by atoms with van der Waals surface area (Å²) in [5, 5.41) is 31.3. The lowest BCUT2D eigenvalue weighted by molar-refractivity contribution is -0.137. The minimum atomic E-state index is -1.74. The molecule has 2 fully saturated rings. The maximum absolute atomic E-state index is 13.0. The third-order valence-electron chi connectivity index (χ3n) is 6.20. The fourth-order valence-electron chi connectivity index (χ4n) is 4.49. The molecule has 8 nitrogen and oxygen atoms in total. The van der Waals surface area contributed by atoms with E-state index in [2.05, 4.69) is 11.4 Å². The molecule has 32 heavy (non-hydrogen) atoms. The van der Waals surface area contributed by atoms with Gasteiger partial charge in [-0.25, -0.2) is 4.79 Å². The van der Waals surface area contributed by atoms with Crippen molar-refractivity contribution in [3.8, 4) is 6.07 Å². The summed E-state index contributed by atoms with van der Waals surface area (Å²) in [6.07, 6.45) is 0.935. The van der Waals surface area contributed by atoms with Gasteiger partial charge in [0.05, 0.1) is 18.1 Å². The van der Waals surface area contributed by atoms with Crippen molar-refractivity contribution in [1.82, 2.24) is 10.2 Å². The molecule has 172 valence electrons. The van der Waals surface area contributed by atoms with E-state index < -0.39 is 25.1 Å². The minimum Gasteiger partial charge on any atom is -0.447 e. The summed E-state index contributed by atoms with van der Waals surface area (Å²) < 4.78 is 5.39. The number of nitrogens with zero attached hydrogens (tertiary/aromatic N) is 2. The quantitative estimate of drug-likeness (QED) is 0.529. The average molecular weight is 441 g/mol. The van der Waals surface area contributed by atoms with Crippen LogP contribution in [-0.4, -0.2) is 59.2 Å². The molecule has 1 aromatic rings. The van der Waals surface area contributed by atoms with E-state index in [1.165, 1.54) is 0 Å². The first-order valence-electron chi connectivity index (χ1n) is 11.1. The predicted molar refractivity (Wildman–Crippen MR) is 119 cm³/mol. The lowest BCUT2D eigenvalue weighted by Crippen LogP contribution is -2.49. The van der Waals surface area contributed by atoms with E-state index in [1.807, 2.05) is 51.1 Å². The van der Waals surface area contributed by atoms with Crippen molar-refractivity contribution in [3.63, 3.8) is 0 Å². The van der Waals surface area contributed by atoms with Gasteiger partial charge in [0.15, 0.2) is 0 Å². The van der Waals surface area contributed by atoms with Crippen LogP contribution < -0.4 is 5.32 Å². The number of nitriles is 1. The van der Waals surface area contributed by atoms with Gasteiger partial charge < -0.3 is 25.0 Å². The largest absolute Gasteiger partial charge is 0.475 e. The Morgan fingerprint density at radius 1 is 1.31 bits per heavy atom. The van der Waals surface area contributed by atoms with Crippen molar-refractivity contribution in [2.75, 3.05) is 13.2 Å². The molecular formula is C23H32BN3O5. The van der Waals surface area contributed by atoms with Crippen LogP contribution in [0.4, 0.5) is 4.79 Å². The van der Waals surface area contributed by atoms with Crippen molar-refractivity contribution in [3.05, 3.63) is 35.9 Å². The second-order valence-corrected chi connectivity index (χ2v) is 10.1. The molecule has 1 aliphatic carbocycles. The van der Waals surface area contributed by atoms with E-state index in [9.17, 15) is 24.9 Å². The molecule has 9 heteroatoms. The molecule has 0 spiro atoms. The lowest BCUT2D eigenvalue weighted by atomic mass is 9.76. The van der Waals surface area contributed by atoms with Gasteiger partial charge >= 0.3 is 13.2 Å². The summed E-state index contributed by atoms with van der Waals surface area (Å²) in [6.45, 7) is 6.61. The van der Waals surface area contributed by atoms with Gasteiger partial charge in [-0.1, -0.05) is 51.1 Å². The molecule has 3 N–H and O–H groups in total. The highest BCUT2D eigenvalue weighted by molar-refractivity contribution is 6.43. The number of piperidine rings is 1. The number of nitrogens with one attached hydrogen (secondary N) is 1. The zero-order valence-corrected chi connectivity index (χ0v) is 18.9. The Balaban J connectivity index is 1.56. The summed E-state index contributed by atoms with van der Waals surface area (Å²) in [5.74, 6) is -1.16. The first-order valence-corrected chi connectivity index (χ1v) is 11.1. The number of amides is 2. The van der Waals surface area contributed by atoms with E-state index in [0.29, 0.717) is 18.9 Å². The van der Waals surface area contributed by atoms with Gasteiger partial charge in [-0.2, -0.15) is 5.26 Å². The Kier molecular flexibility index (Phi) is 7.47. The highest BCUT2D eigenvalue weighted by atomic mass is 16.5. The Labute approximate surface area is 189 Å². The normalized spacial score (nSPS) is 23.5. The van der Waals surface area contributed by atoms with Crippen molar-refractivity contribution in [2.24, 2.45) is 23.2 Å². The lowest BCUT2D eigenvalue weighted by Gasteiger charge is -2.31. The van der Waals surface area contributed by atoms with Crippen LogP contribution in [0.25, 0.3) is 0 Å². The van der Waals surface area contributed by atoms with Gasteiger partial charge in [0, 0.05) is 6.54 Å². The van der Waals surface area contributed by atoms with Crippen LogP contribution in [0.3, 0.4) is 0 Å². The summed E-state index contributed by atoms with van der Waals surface area (Å²) in [6, 6.07) is 11.1. The molecule has 1 aromatic carbocycles. The number of alkyl carbamates (subject to hydrolysis) is 1. The molecule has 2 aliphatic rings. The van der Waals surface area contributed by atoms with Crippen LogP contribution in [0, 0.1) is 34.5 Å². The molecule has 2 unspecified atom stereocenters. The maximum atomic E-state index is 13.0. The summed E-state index contributed by atoms with van der Waals surface area (Å²) in [4.78, 5) is 27.1. The van der Waals surface area contributed by atoms with Gasteiger partial charge in [0.2, 0.25) is 5.91 Å². The number of likely N-dealkylation sites (tertiary alicyclic amines) is 1. The number of ether oxygens (including phenoxy) is 1. The van der Waals surface area contributed by atoms with Gasteiger partial charge in [-0.3, -0.25) is 4.79 Å². The molecule has 3 rings (SSSR count). The van der Waals surface area contributed by atoms with Crippen molar-refractivity contribution >= 4 is 19.1 Å². The van der Waals surface area contributed by atoms with Gasteiger partial charge in [0.1, 0.15) is 12.5 Å². The maximum Gasteiger partial charge on any atom is 0.475 e. The molecule has 1 heterocycles. The second kappa shape index (κ2) is 9.93. The molecule has 1 aliphatic heterocycles. The number of carbonyl (C=O) groups excluding carboxylic acids is 2. The van der Waals surface area contributed by atoms with Crippen molar-refractivity contribution < 1.29 is 24.4 Å². The molecule has 5 atom stereocenters. The number of hydrogen-bond donors (Lipinski definition) is 3. The number of fused-ring (bicyclic) bond motifs is 1. The molecular weight excluding hydrogens is 409 g/mol. The Hall–Kier alpha value is -2.57. The van der Waals surface area contributed by atoms with Crippen LogP contribution in [0.1, 0.15) is 39.2 Å². The molecule has 1 saturated carbocycles. The van der Waals surface area contributed by atoms with Gasteiger partial charge in [-0.05, 0) is 42.1 Å². The molecule has 0 radical (unpaired) electrons. The average Bonchev–Trinajstić information content (AvgIpc) is 3.41. The van der Waals surface area contributed by atoms with Crippen molar-refractivity contribution in [1.29, 1.82) is 5.26 Å². The fraction of sp³-hybridized carbons (Fsp3) is 0.609. The van der Waals surface area contributed by atoms with Gasteiger partial charge in [-0.15, -0.1) is 0 Å². The Morgan fingerprint density at radius 3 is 2.59 bits per heavy atom. The fourth-order valence-corrected chi connectivity index (χ4v) is 4.49. The van der Waals surface area contributed by atoms with Gasteiger partial charge in [0.25, 0.3) is 0 Å². The second-order valence-electron chi connectivity index (χ2n) is 10.1. The zero-order valence-electron chi connectivity index (χ0n) is 18.9. The highest BCUT2D eigenvalue weighted by Crippen LogP contribution is 2.50.